The minimum absolute atomic E-state index is 0.0668. The molecule has 0 saturated carbocycles. The Kier molecular flexibility index (Phi) is 7.34. The highest BCUT2D eigenvalue weighted by Crippen LogP contribution is 2.33. The van der Waals surface area contributed by atoms with Crippen LogP contribution in [-0.2, 0) is 25.2 Å². The second-order valence-electron chi connectivity index (χ2n) is 9.51. The summed E-state index contributed by atoms with van der Waals surface area (Å²) in [5.41, 5.74) is -1.45. The number of alkyl halides is 3. The number of halogens is 3. The van der Waals surface area contributed by atoms with Crippen LogP contribution in [-0.4, -0.2) is 32.6 Å². The van der Waals surface area contributed by atoms with Gasteiger partial charge in [0.25, 0.3) is 5.91 Å². The number of hydrogen-bond donors (Lipinski definition) is 1. The lowest BCUT2D eigenvalue weighted by atomic mass is 9.92. The Hall–Kier alpha value is -2.55. The van der Waals surface area contributed by atoms with Gasteiger partial charge in [0.2, 0.25) is 0 Å². The van der Waals surface area contributed by atoms with Gasteiger partial charge in [-0.05, 0) is 38.5 Å². The number of nitrogens with zero attached hydrogens (tertiary/aromatic N) is 3. The molecule has 1 N–H and O–H groups in total. The molecular weight excluding hydrogens is 423 g/mol. The maximum Gasteiger partial charge on any atom is 0.416 e. The monoisotopic (exact) mass is 455 g/mol. The first-order valence-electron chi connectivity index (χ1n) is 10.5. The molecule has 0 radical (unpaired) electrons. The average molecular weight is 456 g/mol. The van der Waals surface area contributed by atoms with E-state index in [1.807, 2.05) is 44.1 Å². The van der Waals surface area contributed by atoms with Crippen molar-refractivity contribution in [1.82, 2.24) is 9.36 Å². The van der Waals surface area contributed by atoms with Crippen molar-refractivity contribution in [1.29, 1.82) is 0 Å². The van der Waals surface area contributed by atoms with E-state index in [4.69, 9.17) is 4.74 Å². The quantitative estimate of drug-likeness (QED) is 0.700. The fraction of sp³-hybridized carbons (Fsp3) is 0.565. The van der Waals surface area contributed by atoms with Crippen LogP contribution in [0.2, 0.25) is 0 Å². The molecule has 0 saturated heterocycles. The highest BCUT2D eigenvalue weighted by molar-refractivity contribution is 5.97. The van der Waals surface area contributed by atoms with Gasteiger partial charge in [0.15, 0.2) is 5.49 Å². The molecule has 0 aliphatic heterocycles. The molecule has 6 nitrogen and oxygen atoms in total. The lowest BCUT2D eigenvalue weighted by Gasteiger charge is -2.20. The zero-order valence-corrected chi connectivity index (χ0v) is 19.7. The van der Waals surface area contributed by atoms with Gasteiger partial charge in [-0.1, -0.05) is 27.7 Å². The first kappa shape index (κ1) is 25.7. The van der Waals surface area contributed by atoms with Crippen LogP contribution in [0.1, 0.15) is 69.6 Å². The van der Waals surface area contributed by atoms with Gasteiger partial charge in [-0.15, -0.1) is 0 Å². The van der Waals surface area contributed by atoms with E-state index in [0.29, 0.717) is 12.0 Å². The Morgan fingerprint density at radius 1 is 1.12 bits per heavy atom. The first-order valence-corrected chi connectivity index (χ1v) is 10.5. The summed E-state index contributed by atoms with van der Waals surface area (Å²) in [5, 5.41) is 9.91. The van der Waals surface area contributed by atoms with Crippen molar-refractivity contribution in [2.24, 2.45) is 12.0 Å². The van der Waals surface area contributed by atoms with E-state index in [2.05, 4.69) is 4.99 Å². The molecule has 1 amide bonds. The number of ether oxygens (including phenoxy) is 1. The molecule has 1 aromatic carbocycles. The van der Waals surface area contributed by atoms with E-state index in [-0.39, 0.29) is 23.3 Å². The largest absolute Gasteiger partial charge is 0.490 e. The summed E-state index contributed by atoms with van der Waals surface area (Å²) in [6.45, 7) is 11.4. The molecule has 0 unspecified atom stereocenters. The molecule has 9 heteroatoms. The van der Waals surface area contributed by atoms with Gasteiger partial charge in [-0.25, -0.2) is 0 Å². The van der Waals surface area contributed by atoms with Gasteiger partial charge in [-0.2, -0.15) is 18.2 Å². The molecule has 0 bridgehead atoms. The van der Waals surface area contributed by atoms with Crippen molar-refractivity contribution in [2.45, 2.75) is 71.7 Å². The van der Waals surface area contributed by atoms with Crippen LogP contribution in [0.4, 0.5) is 13.2 Å². The Labute approximate surface area is 186 Å². The predicted molar refractivity (Wildman–Crippen MR) is 116 cm³/mol. The molecule has 0 spiro atoms. The number of carbonyl (C=O) groups is 1. The van der Waals surface area contributed by atoms with Crippen LogP contribution in [0, 0.1) is 0 Å². The number of aliphatic hydroxyl groups is 1. The zero-order valence-electron chi connectivity index (χ0n) is 19.7. The van der Waals surface area contributed by atoms with E-state index in [9.17, 15) is 23.1 Å². The van der Waals surface area contributed by atoms with Crippen LogP contribution in [0.15, 0.2) is 29.3 Å². The number of amides is 1. The Bertz CT molecular complexity index is 1040. The lowest BCUT2D eigenvalue weighted by Crippen LogP contribution is -2.28. The van der Waals surface area contributed by atoms with Gasteiger partial charge in [-0.3, -0.25) is 14.2 Å². The van der Waals surface area contributed by atoms with E-state index in [1.165, 1.54) is 13.8 Å². The molecule has 1 heterocycles. The number of rotatable bonds is 6. The first-order chi connectivity index (χ1) is 14.5. The maximum absolute atomic E-state index is 13.3. The third-order valence-corrected chi connectivity index (χ3v) is 4.78. The van der Waals surface area contributed by atoms with Crippen LogP contribution >= 0.6 is 0 Å². The summed E-state index contributed by atoms with van der Waals surface area (Å²) in [6, 6.07) is 4.44. The van der Waals surface area contributed by atoms with Crippen LogP contribution < -0.4 is 10.2 Å². The number of benzene rings is 1. The van der Waals surface area contributed by atoms with Crippen molar-refractivity contribution >= 4 is 5.91 Å². The topological polar surface area (TPSA) is 68.8 Å². The molecule has 0 aliphatic rings. The van der Waals surface area contributed by atoms with Gasteiger partial charge < -0.3 is 9.84 Å². The molecule has 1 aromatic heterocycles. The number of aromatic nitrogens is 2. The summed E-state index contributed by atoms with van der Waals surface area (Å²) in [6.07, 6.45) is -3.84. The molecule has 178 valence electrons. The molecule has 0 fully saturated rings. The third kappa shape index (κ3) is 6.25. The van der Waals surface area contributed by atoms with Crippen LogP contribution in [0.25, 0.3) is 0 Å². The number of carbonyl (C=O) groups excluding carboxylic acids is 1. The normalized spacial score (nSPS) is 13.5. The molecular formula is C23H32F3N3O3. The zero-order chi connectivity index (χ0) is 24.5. The van der Waals surface area contributed by atoms with Gasteiger partial charge in [0, 0.05) is 30.8 Å². The van der Waals surface area contributed by atoms with Crippen molar-refractivity contribution < 1.29 is 27.8 Å². The van der Waals surface area contributed by atoms with Gasteiger partial charge in [0.1, 0.15) is 12.4 Å². The fourth-order valence-electron chi connectivity index (χ4n) is 3.26. The van der Waals surface area contributed by atoms with Crippen molar-refractivity contribution in [2.75, 3.05) is 6.61 Å². The minimum Gasteiger partial charge on any atom is -0.490 e. The molecule has 0 aliphatic carbocycles. The van der Waals surface area contributed by atoms with Gasteiger partial charge >= 0.3 is 6.18 Å². The van der Waals surface area contributed by atoms with E-state index >= 15 is 0 Å². The Balaban J connectivity index is 2.64. The standard InChI is InChI=1S/C23H32F3N3O3/c1-8-11-29-19(13-18(28(29)7)21(2,3)4)27-20(30)16-12-15(23(24,25)26)9-10-17(16)32-14-22(5,6)31/h9-10,12-13,31H,8,11,14H2,1-7H3/b27-19+. The van der Waals surface area contributed by atoms with Crippen LogP contribution in [0.3, 0.4) is 0 Å². The Morgan fingerprint density at radius 3 is 2.25 bits per heavy atom. The van der Waals surface area contributed by atoms with E-state index in [1.54, 1.807) is 6.07 Å². The summed E-state index contributed by atoms with van der Waals surface area (Å²) < 4.78 is 49.1. The van der Waals surface area contributed by atoms with Crippen LogP contribution in [0.5, 0.6) is 5.75 Å². The summed E-state index contributed by atoms with van der Waals surface area (Å²) in [5.74, 6) is -0.916. The van der Waals surface area contributed by atoms with Gasteiger partial charge in [0.05, 0.1) is 16.7 Å². The average Bonchev–Trinajstić information content (AvgIpc) is 2.95. The SMILES string of the molecule is CCCn1/c(=N/C(=O)c2cc(C(F)(F)F)ccc2OCC(C)(C)O)cc(C(C)(C)C)n1C. The van der Waals surface area contributed by atoms with E-state index < -0.39 is 23.2 Å². The van der Waals surface area contributed by atoms with Crippen molar-refractivity contribution in [3.05, 3.63) is 46.6 Å². The summed E-state index contributed by atoms with van der Waals surface area (Å²) in [4.78, 5) is 17.2. The molecule has 32 heavy (non-hydrogen) atoms. The summed E-state index contributed by atoms with van der Waals surface area (Å²) >= 11 is 0. The Morgan fingerprint density at radius 2 is 1.75 bits per heavy atom. The summed E-state index contributed by atoms with van der Waals surface area (Å²) in [7, 11) is 1.86. The van der Waals surface area contributed by atoms with Crippen molar-refractivity contribution in [3.8, 4) is 5.75 Å². The molecule has 2 rings (SSSR count). The highest BCUT2D eigenvalue weighted by Gasteiger charge is 2.32. The molecule has 2 aromatic rings. The second-order valence-corrected chi connectivity index (χ2v) is 9.51. The predicted octanol–water partition coefficient (Wildman–Crippen LogP) is 4.44. The second kappa shape index (κ2) is 9.13. The number of hydrogen-bond acceptors (Lipinski definition) is 3. The maximum atomic E-state index is 13.3. The van der Waals surface area contributed by atoms with E-state index in [0.717, 1.165) is 30.3 Å². The lowest BCUT2D eigenvalue weighted by molar-refractivity contribution is -0.137. The highest BCUT2D eigenvalue weighted by atomic mass is 19.4. The fourth-order valence-corrected chi connectivity index (χ4v) is 3.26. The minimum atomic E-state index is -4.63. The molecule has 0 atom stereocenters. The third-order valence-electron chi connectivity index (χ3n) is 4.78. The smallest absolute Gasteiger partial charge is 0.416 e. The van der Waals surface area contributed by atoms with Crippen molar-refractivity contribution in [3.63, 3.8) is 0 Å².